The molecule has 24 heteroatoms. The number of benzene rings is 5. The number of esters is 8. The summed E-state index contributed by atoms with van der Waals surface area (Å²) in [6.07, 6.45) is 48.2. The van der Waals surface area contributed by atoms with Crippen LogP contribution in [0, 0.1) is 48.9 Å². The monoisotopic (exact) mass is 2050 g/mol. The molecule has 4 aliphatic rings. The van der Waals surface area contributed by atoms with Gasteiger partial charge in [-0.3, -0.25) is 28.8 Å². The van der Waals surface area contributed by atoms with E-state index in [9.17, 15) is 48.3 Å². The summed E-state index contributed by atoms with van der Waals surface area (Å²) < 4.78 is 77.5. The summed E-state index contributed by atoms with van der Waals surface area (Å²) in [6, 6.07) is 42.0. The molecule has 0 bridgehead atoms. The molecule has 9 rings (SSSR count). The fourth-order valence-electron chi connectivity index (χ4n) is 18.6. The van der Waals surface area contributed by atoms with E-state index in [2.05, 4.69) is 80.5 Å². The van der Waals surface area contributed by atoms with Gasteiger partial charge in [0.15, 0.2) is 26.0 Å². The first-order valence-corrected chi connectivity index (χ1v) is 56.8. The molecule has 3 saturated carbocycles. The molecule has 1 saturated heterocycles. The molecule has 1 N–H and O–H groups in total. The maximum Gasteiger partial charge on any atom is 0.339 e. The highest BCUT2D eigenvalue weighted by Gasteiger charge is 2.67. The standard InChI is InChI=1S/C26H30O6.C26H50O4.C24H42O4.C20H26O4.C18H32O6.C9H12/c1-26(17-27-20-30-23-11-5-2-6-12-23,18-28-21-31-24-13-7-3-8-14-24)19-29-22-32-25-15-9-4-10-16-25;1-3-5-7-9-15-19-23-29-25(27)21-17-13-11-12-14-18-22-26(28)30-24-20-16-10-8-6-4-2;1-5-9-13-19(7-3)17-27-21(25)20-14-11-12-16-24(20)22(26)28-18-23(24,8-4)15-10-6-2;21-19(23-15-9-3-1-4-10-15)17-13-7-8-14-18(17)20(22)24-16-11-5-2-6-12-16;1-4-7-10-15(19)13-18(22,17(21)24-12-9-6-3)14-16(20)23-11-8-5-2;1-7-4-5-8(2)9(3)6-7/h2-16H,17-22H2,1H3;3-24H2,1-2H3;19-20H,5-18H2,1-4H3;7-8,13-16H,1-6,9-12H2;22H,4-14H2,1-3H3;4-6H,1-3H3. The van der Waals surface area contributed by atoms with Crippen molar-refractivity contribution in [1.29, 1.82) is 0 Å². The van der Waals surface area contributed by atoms with Gasteiger partial charge in [0.25, 0.3) is 0 Å². The van der Waals surface area contributed by atoms with E-state index in [0.29, 0.717) is 95.4 Å². The Morgan fingerprint density at radius 2 is 0.830 bits per heavy atom. The molecule has 1 heterocycles. The van der Waals surface area contributed by atoms with Crippen molar-refractivity contribution in [1.82, 2.24) is 0 Å². The Hall–Kier alpha value is -9.23. The maximum absolute atomic E-state index is 13.2. The quantitative estimate of drug-likeness (QED) is 0.0164. The number of hydrogen-bond donors (Lipinski definition) is 1. The second-order valence-electron chi connectivity index (χ2n) is 40.9. The number of ketones is 1. The Morgan fingerprint density at radius 1 is 0.415 bits per heavy atom. The summed E-state index contributed by atoms with van der Waals surface area (Å²) >= 11 is 0. The van der Waals surface area contributed by atoms with Crippen LogP contribution in [0.4, 0.5) is 0 Å². The van der Waals surface area contributed by atoms with Crippen molar-refractivity contribution in [3.05, 3.63) is 161 Å². The number of para-hydroxylation sites is 3. The Labute approximate surface area is 884 Å². The Kier molecular flexibility index (Phi) is 71.4. The number of hydrogen-bond acceptors (Lipinski definition) is 24. The second kappa shape index (κ2) is 80.7. The number of ether oxygens (including phenoxy) is 14. The summed E-state index contributed by atoms with van der Waals surface area (Å²) in [5, 5.41) is 10.6. The molecule has 5 unspecified atom stereocenters. The molecule has 1 spiro atoms. The van der Waals surface area contributed by atoms with Gasteiger partial charge in [0.05, 0.1) is 88.3 Å². The summed E-state index contributed by atoms with van der Waals surface area (Å²) in [5.74, 6) is -0.690. The highest BCUT2D eigenvalue weighted by Crippen LogP contribution is 2.62. The van der Waals surface area contributed by atoms with Crippen molar-refractivity contribution in [3.63, 3.8) is 0 Å². The summed E-state index contributed by atoms with van der Waals surface area (Å²) in [6.45, 7) is 31.5. The van der Waals surface area contributed by atoms with Crippen LogP contribution in [-0.4, -0.2) is 156 Å². The minimum absolute atomic E-state index is 0.0197. The zero-order chi connectivity index (χ0) is 107. The van der Waals surface area contributed by atoms with Crippen molar-refractivity contribution in [3.8, 4) is 17.2 Å². The molecule has 3 aliphatic carbocycles. The molecule has 4 fully saturated rings. The fraction of sp³-hybridized carbons (Fsp3) is 0.683. The van der Waals surface area contributed by atoms with Crippen LogP contribution in [0.5, 0.6) is 17.2 Å². The minimum atomic E-state index is -2.14. The van der Waals surface area contributed by atoms with Gasteiger partial charge in [-0.05, 0) is 215 Å². The summed E-state index contributed by atoms with van der Waals surface area (Å²) in [4.78, 5) is 111. The van der Waals surface area contributed by atoms with Crippen LogP contribution in [-0.2, 0) is 85.7 Å². The van der Waals surface area contributed by atoms with Crippen molar-refractivity contribution in [2.24, 2.45) is 28.1 Å². The summed E-state index contributed by atoms with van der Waals surface area (Å²) in [7, 11) is 0. The average molecular weight is 2050 g/mol. The van der Waals surface area contributed by atoms with Gasteiger partial charge in [-0.25, -0.2) is 14.4 Å². The highest BCUT2D eigenvalue weighted by molar-refractivity contribution is 6.03. The molecule has 0 aromatic heterocycles. The lowest BCUT2D eigenvalue weighted by molar-refractivity contribution is -0.174. The lowest BCUT2D eigenvalue weighted by Gasteiger charge is -2.48. The number of aryl methyl sites for hydroxylation is 3. The molecule has 5 aromatic carbocycles. The number of carbonyl (C=O) groups is 9. The Morgan fingerprint density at radius 3 is 1.27 bits per heavy atom. The molecular formula is C123H192O24. The highest BCUT2D eigenvalue weighted by atomic mass is 16.7. The first-order valence-electron chi connectivity index (χ1n) is 56.8. The SMILES string of the molecule is CC(COCOc1ccccc1)(COCOc1ccccc1)COCOc1ccccc1.CCCCC(CC)COC(=O)C1CCCCC12C(=O)OCC2(CC)CCCC.CCCCCCCCOC(=O)CCCCCCCCC(=O)OCCCCCCCC.CCCCOC(=O)CC(O)(CC(=O)CCCC)C(=O)OCCCC.Cc1ccc(C)c(C)c1.O=C(OC1CCCCC1)c1ccccc1C(=O)OC1CCCCC1. The van der Waals surface area contributed by atoms with Crippen LogP contribution in [0.15, 0.2) is 133 Å². The molecular weight excluding hydrogens is 1860 g/mol. The predicted octanol–water partition coefficient (Wildman–Crippen LogP) is 29.4. The van der Waals surface area contributed by atoms with Gasteiger partial charge in [-0.1, -0.05) is 327 Å². The van der Waals surface area contributed by atoms with Gasteiger partial charge >= 0.3 is 47.8 Å². The fourth-order valence-corrected chi connectivity index (χ4v) is 18.6. The van der Waals surface area contributed by atoms with Crippen molar-refractivity contribution < 1.29 is 115 Å². The number of rotatable bonds is 67. The van der Waals surface area contributed by atoms with E-state index >= 15 is 0 Å². The van der Waals surface area contributed by atoms with Crippen LogP contribution in [0.2, 0.25) is 0 Å². The van der Waals surface area contributed by atoms with E-state index in [0.717, 1.165) is 203 Å². The molecule has 0 radical (unpaired) electrons. The molecule has 5 aromatic rings. The number of unbranched alkanes of at least 4 members (excludes halogenated alkanes) is 20. The van der Waals surface area contributed by atoms with E-state index in [1.54, 1.807) is 24.3 Å². The third-order valence-corrected chi connectivity index (χ3v) is 28.0. The molecule has 24 nitrogen and oxygen atoms in total. The largest absolute Gasteiger partial charge is 0.468 e. The number of aliphatic hydroxyl groups is 1. The molecule has 1 aliphatic heterocycles. The van der Waals surface area contributed by atoms with E-state index < -0.39 is 53.1 Å². The predicted molar refractivity (Wildman–Crippen MR) is 581 cm³/mol. The van der Waals surface area contributed by atoms with Gasteiger partial charge in [-0.2, -0.15) is 0 Å². The van der Waals surface area contributed by atoms with Gasteiger partial charge < -0.3 is 71.4 Å². The van der Waals surface area contributed by atoms with Gasteiger partial charge in [0, 0.05) is 36.5 Å². The third kappa shape index (κ3) is 55.4. The molecule has 0 amide bonds. The number of cyclic esters (lactones) is 1. The lowest BCUT2D eigenvalue weighted by Crippen LogP contribution is -2.53. The van der Waals surface area contributed by atoms with Crippen molar-refractivity contribution in [2.75, 3.05) is 79.8 Å². The van der Waals surface area contributed by atoms with Crippen LogP contribution < -0.4 is 14.2 Å². The lowest BCUT2D eigenvalue weighted by atomic mass is 9.51. The second-order valence-corrected chi connectivity index (χ2v) is 40.9. The number of Topliss-reactive ketones (excluding diaryl/α,β-unsaturated/α-hetero) is 1. The first kappa shape index (κ1) is 130. The van der Waals surface area contributed by atoms with Gasteiger partial charge in [0.2, 0.25) is 0 Å². The van der Waals surface area contributed by atoms with Crippen LogP contribution in [0.3, 0.4) is 0 Å². The van der Waals surface area contributed by atoms with Crippen LogP contribution in [0.25, 0.3) is 0 Å². The van der Waals surface area contributed by atoms with E-state index in [4.69, 9.17) is 66.3 Å². The van der Waals surface area contributed by atoms with Gasteiger partial charge in [0.1, 0.15) is 35.2 Å². The zero-order valence-corrected chi connectivity index (χ0v) is 92.9. The van der Waals surface area contributed by atoms with Gasteiger partial charge in [-0.15, -0.1) is 0 Å². The van der Waals surface area contributed by atoms with E-state index in [-0.39, 0.29) is 93.2 Å². The van der Waals surface area contributed by atoms with Crippen molar-refractivity contribution in [2.45, 2.75) is 435 Å². The normalized spacial score (nSPS) is 16.5. The smallest absolute Gasteiger partial charge is 0.339 e. The molecule has 5 atom stereocenters. The Balaban J connectivity index is 0.000000375. The minimum Gasteiger partial charge on any atom is -0.468 e. The zero-order valence-electron chi connectivity index (χ0n) is 92.9. The number of carbonyl (C=O) groups excluding carboxylic acids is 9. The topological polar surface area (TPSA) is 303 Å². The van der Waals surface area contributed by atoms with Crippen molar-refractivity contribution >= 4 is 53.5 Å². The summed E-state index contributed by atoms with van der Waals surface area (Å²) in [5.41, 5.74) is 1.32. The van der Waals surface area contributed by atoms with Crippen LogP contribution >= 0.6 is 0 Å². The van der Waals surface area contributed by atoms with E-state index in [1.165, 1.54) is 107 Å². The Bertz CT molecular complexity index is 4080. The molecule has 147 heavy (non-hydrogen) atoms. The average Bonchev–Trinajstić information content (AvgIpc) is 1.57. The third-order valence-electron chi connectivity index (χ3n) is 28.0. The van der Waals surface area contributed by atoms with E-state index in [1.807, 2.05) is 119 Å². The maximum atomic E-state index is 13.2. The van der Waals surface area contributed by atoms with Crippen LogP contribution in [0.1, 0.15) is 434 Å². The molecule has 828 valence electrons. The first-order chi connectivity index (χ1) is 71.3.